The molecular weight excluding hydrogens is 248 g/mol. The number of likely N-dealkylation sites (tertiary alicyclic amines) is 1. The van der Waals surface area contributed by atoms with Crippen molar-refractivity contribution in [2.45, 2.75) is 19.1 Å². The van der Waals surface area contributed by atoms with Gasteiger partial charge >= 0.3 is 6.03 Å². The zero-order valence-corrected chi connectivity index (χ0v) is 10.7. The first-order valence-electron chi connectivity index (χ1n) is 6.61. The van der Waals surface area contributed by atoms with E-state index in [0.29, 0.717) is 25.4 Å². The molecule has 2 N–H and O–H groups in total. The molecule has 2 aliphatic rings. The topological polar surface area (TPSA) is 79.5 Å². The monoisotopic (exact) mass is 266 g/mol. The van der Waals surface area contributed by atoms with Crippen molar-refractivity contribution in [1.29, 1.82) is 0 Å². The Morgan fingerprint density at radius 2 is 2.32 bits per heavy atom. The molecule has 1 aromatic heterocycles. The number of ether oxygens (including phenoxy) is 2. The van der Waals surface area contributed by atoms with E-state index in [2.05, 4.69) is 15.5 Å². The number of nitrogens with zero attached hydrogens (tertiary/aromatic N) is 2. The minimum atomic E-state index is -0.149. The Morgan fingerprint density at radius 3 is 3.05 bits per heavy atom. The van der Waals surface area contributed by atoms with E-state index in [4.69, 9.17) is 9.47 Å². The first kappa shape index (κ1) is 12.4. The zero-order chi connectivity index (χ0) is 13.1. The highest BCUT2D eigenvalue weighted by atomic mass is 16.7. The van der Waals surface area contributed by atoms with Gasteiger partial charge in [-0.25, -0.2) is 4.79 Å². The molecule has 2 saturated heterocycles. The highest BCUT2D eigenvalue weighted by Crippen LogP contribution is 2.25. The molecule has 3 rings (SSSR count). The SMILES string of the molecule is O=C(Nc1cn[nH]c1)N1CCCC(C2OCCO2)C1. The second-order valence-electron chi connectivity index (χ2n) is 4.88. The van der Waals surface area contributed by atoms with Gasteiger partial charge < -0.3 is 19.7 Å². The summed E-state index contributed by atoms with van der Waals surface area (Å²) in [7, 11) is 0. The minimum Gasteiger partial charge on any atom is -0.350 e. The van der Waals surface area contributed by atoms with E-state index in [-0.39, 0.29) is 18.2 Å². The lowest BCUT2D eigenvalue weighted by Crippen LogP contribution is -2.45. The highest BCUT2D eigenvalue weighted by molar-refractivity contribution is 5.89. The molecule has 104 valence electrons. The molecule has 1 unspecified atom stereocenters. The molecule has 1 aromatic rings. The number of carbonyl (C=O) groups excluding carboxylic acids is 1. The molecule has 0 spiro atoms. The van der Waals surface area contributed by atoms with Crippen LogP contribution in [0.5, 0.6) is 0 Å². The van der Waals surface area contributed by atoms with Crippen LogP contribution in [0.2, 0.25) is 0 Å². The largest absolute Gasteiger partial charge is 0.350 e. The first-order valence-corrected chi connectivity index (χ1v) is 6.61. The minimum absolute atomic E-state index is 0.0934. The van der Waals surface area contributed by atoms with Crippen LogP contribution >= 0.6 is 0 Å². The quantitative estimate of drug-likeness (QED) is 0.837. The van der Waals surface area contributed by atoms with Gasteiger partial charge in [0.15, 0.2) is 6.29 Å². The second kappa shape index (κ2) is 5.58. The number of nitrogens with one attached hydrogen (secondary N) is 2. The Morgan fingerprint density at radius 1 is 1.47 bits per heavy atom. The highest BCUT2D eigenvalue weighted by Gasteiger charge is 2.32. The molecule has 0 bridgehead atoms. The lowest BCUT2D eigenvalue weighted by Gasteiger charge is -2.34. The Bertz CT molecular complexity index is 417. The van der Waals surface area contributed by atoms with Crippen LogP contribution in [0.25, 0.3) is 0 Å². The van der Waals surface area contributed by atoms with Gasteiger partial charge in [-0.1, -0.05) is 0 Å². The molecule has 2 fully saturated rings. The third-order valence-corrected chi connectivity index (χ3v) is 3.53. The summed E-state index contributed by atoms with van der Waals surface area (Å²) in [5.74, 6) is 0.270. The lowest BCUT2D eigenvalue weighted by atomic mass is 9.98. The van der Waals surface area contributed by atoms with Crippen LogP contribution in [-0.4, -0.2) is 53.7 Å². The van der Waals surface area contributed by atoms with E-state index in [1.54, 1.807) is 12.4 Å². The molecule has 2 amide bonds. The fourth-order valence-corrected chi connectivity index (χ4v) is 2.59. The van der Waals surface area contributed by atoms with E-state index < -0.39 is 0 Å². The van der Waals surface area contributed by atoms with Crippen molar-refractivity contribution in [2.75, 3.05) is 31.6 Å². The predicted octanol–water partition coefficient (Wildman–Crippen LogP) is 1.03. The maximum absolute atomic E-state index is 12.1. The third-order valence-electron chi connectivity index (χ3n) is 3.53. The van der Waals surface area contributed by atoms with Gasteiger partial charge in [-0.2, -0.15) is 5.10 Å². The van der Waals surface area contributed by atoms with Crippen molar-refractivity contribution in [3.05, 3.63) is 12.4 Å². The number of hydrogen-bond donors (Lipinski definition) is 2. The number of anilines is 1. The summed E-state index contributed by atoms with van der Waals surface area (Å²) in [4.78, 5) is 13.9. The molecular formula is C12H18N4O3. The lowest BCUT2D eigenvalue weighted by molar-refractivity contribution is -0.0959. The van der Waals surface area contributed by atoms with Crippen LogP contribution in [0.1, 0.15) is 12.8 Å². The summed E-state index contributed by atoms with van der Waals surface area (Å²) >= 11 is 0. The number of rotatable bonds is 2. The number of urea groups is 1. The summed E-state index contributed by atoms with van der Waals surface area (Å²) in [6, 6.07) is -0.0934. The van der Waals surface area contributed by atoms with Crippen molar-refractivity contribution in [3.63, 3.8) is 0 Å². The average molecular weight is 266 g/mol. The average Bonchev–Trinajstić information content (AvgIpc) is 3.12. The summed E-state index contributed by atoms with van der Waals surface area (Å²) < 4.78 is 11.1. The predicted molar refractivity (Wildman–Crippen MR) is 67.6 cm³/mol. The first-order chi connectivity index (χ1) is 9.33. The van der Waals surface area contributed by atoms with Gasteiger partial charge in [0.2, 0.25) is 0 Å². The number of carbonyl (C=O) groups is 1. The molecule has 1 atom stereocenters. The van der Waals surface area contributed by atoms with Gasteiger partial charge in [0.1, 0.15) is 0 Å². The molecule has 3 heterocycles. The van der Waals surface area contributed by atoms with Crippen molar-refractivity contribution in [3.8, 4) is 0 Å². The maximum atomic E-state index is 12.1. The summed E-state index contributed by atoms with van der Waals surface area (Å²) in [6.07, 6.45) is 5.11. The Hall–Kier alpha value is -1.60. The number of aromatic amines is 1. The van der Waals surface area contributed by atoms with E-state index in [9.17, 15) is 4.79 Å². The van der Waals surface area contributed by atoms with Crippen molar-refractivity contribution >= 4 is 11.7 Å². The van der Waals surface area contributed by atoms with Gasteiger partial charge in [-0.15, -0.1) is 0 Å². The van der Waals surface area contributed by atoms with E-state index in [1.165, 1.54) is 0 Å². The van der Waals surface area contributed by atoms with Crippen molar-refractivity contribution in [2.24, 2.45) is 5.92 Å². The standard InChI is InChI=1S/C12H18N4O3/c17-12(15-10-6-13-14-7-10)16-3-1-2-9(8-16)11-18-4-5-19-11/h6-7,9,11H,1-5,8H2,(H,13,14)(H,15,17). The van der Waals surface area contributed by atoms with Crippen LogP contribution in [0.4, 0.5) is 10.5 Å². The van der Waals surface area contributed by atoms with Crippen LogP contribution in [0.15, 0.2) is 12.4 Å². The molecule has 7 heteroatoms. The van der Waals surface area contributed by atoms with Gasteiger partial charge in [-0.05, 0) is 12.8 Å². The van der Waals surface area contributed by atoms with E-state index in [1.807, 2.05) is 4.90 Å². The molecule has 0 radical (unpaired) electrons. The molecule has 0 aliphatic carbocycles. The maximum Gasteiger partial charge on any atom is 0.321 e. The normalized spacial score (nSPS) is 24.6. The number of H-pyrrole nitrogens is 1. The summed E-state index contributed by atoms with van der Waals surface area (Å²) in [6.45, 7) is 2.76. The van der Waals surface area contributed by atoms with Crippen molar-refractivity contribution < 1.29 is 14.3 Å². The number of hydrogen-bond acceptors (Lipinski definition) is 4. The van der Waals surface area contributed by atoms with E-state index >= 15 is 0 Å². The Balaban J connectivity index is 1.56. The van der Waals surface area contributed by atoms with Gasteiger partial charge in [0, 0.05) is 25.2 Å². The van der Waals surface area contributed by atoms with Gasteiger partial charge in [0.05, 0.1) is 25.1 Å². The zero-order valence-electron chi connectivity index (χ0n) is 10.7. The van der Waals surface area contributed by atoms with Crippen LogP contribution < -0.4 is 5.32 Å². The summed E-state index contributed by atoms with van der Waals surface area (Å²) in [5, 5.41) is 9.28. The molecule has 7 nitrogen and oxygen atoms in total. The van der Waals surface area contributed by atoms with Crippen LogP contribution in [-0.2, 0) is 9.47 Å². The Labute approximate surface area is 111 Å². The third kappa shape index (κ3) is 2.87. The molecule has 0 aromatic carbocycles. The van der Waals surface area contributed by atoms with E-state index in [0.717, 1.165) is 19.4 Å². The summed E-state index contributed by atoms with van der Waals surface area (Å²) in [5.41, 5.74) is 0.681. The number of aromatic nitrogens is 2. The molecule has 0 saturated carbocycles. The Kier molecular flexibility index (Phi) is 3.65. The fourth-order valence-electron chi connectivity index (χ4n) is 2.59. The molecule has 2 aliphatic heterocycles. The van der Waals surface area contributed by atoms with Gasteiger partial charge in [-0.3, -0.25) is 5.10 Å². The molecule has 19 heavy (non-hydrogen) atoms. The smallest absolute Gasteiger partial charge is 0.321 e. The number of piperidine rings is 1. The second-order valence-corrected chi connectivity index (χ2v) is 4.88. The van der Waals surface area contributed by atoms with Crippen LogP contribution in [0.3, 0.4) is 0 Å². The van der Waals surface area contributed by atoms with Gasteiger partial charge in [0.25, 0.3) is 0 Å². The van der Waals surface area contributed by atoms with Crippen molar-refractivity contribution in [1.82, 2.24) is 15.1 Å². The number of amides is 2. The van der Waals surface area contributed by atoms with Crippen LogP contribution in [0, 0.1) is 5.92 Å². The fraction of sp³-hybridized carbons (Fsp3) is 0.667.